The number of nitrogens with one attached hydrogen (secondary N) is 2. The third-order valence-electron chi connectivity index (χ3n) is 3.74. The van der Waals surface area contributed by atoms with Gasteiger partial charge >= 0.3 is 5.97 Å². The molecule has 28 heavy (non-hydrogen) atoms. The lowest BCUT2D eigenvalue weighted by Gasteiger charge is -2.10. The Kier molecular flexibility index (Phi) is 7.26. The number of hydrogen-bond donors (Lipinski definition) is 2. The van der Waals surface area contributed by atoms with Crippen molar-refractivity contribution in [2.24, 2.45) is 0 Å². The highest BCUT2D eigenvalue weighted by molar-refractivity contribution is 7.89. The van der Waals surface area contributed by atoms with Crippen LogP contribution >= 0.6 is 0 Å². The topological polar surface area (TPSA) is 125 Å². The fourth-order valence-corrected chi connectivity index (χ4v) is 3.25. The van der Waals surface area contributed by atoms with Crippen LogP contribution in [-0.2, 0) is 30.8 Å². The lowest BCUT2D eigenvalue weighted by atomic mass is 10.1. The smallest absolute Gasteiger partial charge is 0.321 e. The number of nitrogens with zero attached hydrogens (tertiary/aromatic N) is 1. The number of carbonyl (C=O) groups excluding carboxylic acids is 2. The minimum Gasteiger partial charge on any atom is -0.455 e. The number of carbonyl (C=O) groups is 2. The van der Waals surface area contributed by atoms with E-state index in [1.807, 2.05) is 25.1 Å². The fourth-order valence-electron chi connectivity index (χ4n) is 2.28. The number of nitriles is 1. The molecule has 0 saturated heterocycles. The molecule has 0 radical (unpaired) electrons. The first-order valence-corrected chi connectivity index (χ1v) is 9.87. The van der Waals surface area contributed by atoms with Crippen LogP contribution in [0.1, 0.15) is 18.1 Å². The first-order valence-electron chi connectivity index (χ1n) is 8.39. The summed E-state index contributed by atoms with van der Waals surface area (Å²) in [5, 5.41) is 11.4. The highest BCUT2D eigenvalue weighted by atomic mass is 32.2. The lowest BCUT2D eigenvalue weighted by molar-refractivity contribution is -0.146. The summed E-state index contributed by atoms with van der Waals surface area (Å²) in [6.45, 7) is 0.793. The number of rotatable bonds is 8. The Morgan fingerprint density at radius 1 is 1.11 bits per heavy atom. The van der Waals surface area contributed by atoms with E-state index in [1.54, 1.807) is 12.1 Å². The van der Waals surface area contributed by atoms with E-state index in [0.29, 0.717) is 11.3 Å². The van der Waals surface area contributed by atoms with Crippen LogP contribution in [0, 0.1) is 11.3 Å². The molecule has 2 N–H and O–H groups in total. The number of esters is 1. The predicted octanol–water partition coefficient (Wildman–Crippen LogP) is 1.58. The molecular formula is C19H19N3O5S. The van der Waals surface area contributed by atoms with Crippen LogP contribution in [0.2, 0.25) is 0 Å². The van der Waals surface area contributed by atoms with E-state index < -0.39 is 35.1 Å². The second-order valence-corrected chi connectivity index (χ2v) is 7.45. The van der Waals surface area contributed by atoms with Crippen molar-refractivity contribution in [2.75, 3.05) is 18.5 Å². The average molecular weight is 401 g/mol. The van der Waals surface area contributed by atoms with E-state index in [9.17, 15) is 18.0 Å². The summed E-state index contributed by atoms with van der Waals surface area (Å²) in [6.07, 6.45) is 0.730. The van der Waals surface area contributed by atoms with Crippen molar-refractivity contribution in [3.8, 4) is 6.07 Å². The molecule has 0 bridgehead atoms. The predicted molar refractivity (Wildman–Crippen MR) is 102 cm³/mol. The maximum atomic E-state index is 12.1. The monoisotopic (exact) mass is 401 g/mol. The summed E-state index contributed by atoms with van der Waals surface area (Å²) >= 11 is 0. The molecule has 9 heteroatoms. The van der Waals surface area contributed by atoms with Gasteiger partial charge in [0.05, 0.1) is 16.5 Å². The Balaban J connectivity index is 1.83. The second kappa shape index (κ2) is 9.64. The second-order valence-electron chi connectivity index (χ2n) is 5.68. The number of benzene rings is 2. The molecule has 0 saturated carbocycles. The van der Waals surface area contributed by atoms with Crippen LogP contribution in [0.25, 0.3) is 0 Å². The Morgan fingerprint density at radius 3 is 2.43 bits per heavy atom. The van der Waals surface area contributed by atoms with Gasteiger partial charge in [0.2, 0.25) is 10.0 Å². The van der Waals surface area contributed by atoms with E-state index in [4.69, 9.17) is 10.00 Å². The normalized spacial score (nSPS) is 10.7. The number of hydrogen-bond acceptors (Lipinski definition) is 6. The van der Waals surface area contributed by atoms with Gasteiger partial charge in [-0.25, -0.2) is 8.42 Å². The highest BCUT2D eigenvalue weighted by Gasteiger charge is 2.17. The SMILES string of the molecule is CCc1ccccc1NC(=O)COC(=O)CNS(=O)(=O)c1ccc(C#N)cc1. The molecule has 0 unspecified atom stereocenters. The Bertz CT molecular complexity index is 995. The van der Waals surface area contributed by atoms with Crippen LogP contribution in [0.5, 0.6) is 0 Å². The lowest BCUT2D eigenvalue weighted by Crippen LogP contribution is -2.32. The minimum atomic E-state index is -3.94. The Hall–Kier alpha value is -3.22. The van der Waals surface area contributed by atoms with Crippen LogP contribution in [0.3, 0.4) is 0 Å². The van der Waals surface area contributed by atoms with Crippen molar-refractivity contribution < 1.29 is 22.7 Å². The third kappa shape index (κ3) is 5.90. The van der Waals surface area contributed by atoms with Crippen LogP contribution in [0.15, 0.2) is 53.4 Å². The van der Waals surface area contributed by atoms with E-state index in [0.717, 1.165) is 12.0 Å². The molecule has 0 atom stereocenters. The molecular weight excluding hydrogens is 382 g/mol. The van der Waals surface area contributed by atoms with Gasteiger partial charge in [-0.2, -0.15) is 9.98 Å². The molecule has 0 aromatic heterocycles. The zero-order chi connectivity index (χ0) is 20.6. The molecule has 2 aromatic carbocycles. The summed E-state index contributed by atoms with van der Waals surface area (Å²) in [4.78, 5) is 23.6. The zero-order valence-electron chi connectivity index (χ0n) is 15.1. The quantitative estimate of drug-likeness (QED) is 0.647. The molecule has 0 fully saturated rings. The van der Waals surface area contributed by atoms with Crippen molar-refractivity contribution in [1.82, 2.24) is 4.72 Å². The van der Waals surface area contributed by atoms with Crippen molar-refractivity contribution in [3.63, 3.8) is 0 Å². The first-order chi connectivity index (χ1) is 13.4. The summed E-state index contributed by atoms with van der Waals surface area (Å²) in [7, 11) is -3.94. The summed E-state index contributed by atoms with van der Waals surface area (Å²) < 4.78 is 31.1. The molecule has 0 aliphatic carbocycles. The molecule has 146 valence electrons. The maximum Gasteiger partial charge on any atom is 0.321 e. The summed E-state index contributed by atoms with van der Waals surface area (Å²) in [5.74, 6) is -1.42. The highest BCUT2D eigenvalue weighted by Crippen LogP contribution is 2.15. The average Bonchev–Trinajstić information content (AvgIpc) is 2.71. The van der Waals surface area contributed by atoms with Gasteiger partial charge < -0.3 is 10.1 Å². The number of ether oxygens (including phenoxy) is 1. The number of para-hydroxylation sites is 1. The van der Waals surface area contributed by atoms with Crippen LogP contribution in [0.4, 0.5) is 5.69 Å². The third-order valence-corrected chi connectivity index (χ3v) is 5.15. The van der Waals surface area contributed by atoms with Gasteiger partial charge in [0, 0.05) is 5.69 Å². The van der Waals surface area contributed by atoms with Crippen LogP contribution in [-0.4, -0.2) is 33.4 Å². The molecule has 1 amide bonds. The minimum absolute atomic E-state index is 0.0896. The Morgan fingerprint density at radius 2 is 1.79 bits per heavy atom. The molecule has 0 spiro atoms. The van der Waals surface area contributed by atoms with Crippen molar-refractivity contribution in [1.29, 1.82) is 5.26 Å². The van der Waals surface area contributed by atoms with E-state index in [1.165, 1.54) is 24.3 Å². The molecule has 0 aliphatic heterocycles. The fraction of sp³-hybridized carbons (Fsp3) is 0.211. The van der Waals surface area contributed by atoms with Crippen molar-refractivity contribution >= 4 is 27.6 Å². The van der Waals surface area contributed by atoms with Crippen LogP contribution < -0.4 is 10.0 Å². The van der Waals surface area contributed by atoms with Gasteiger partial charge in [0.1, 0.15) is 6.54 Å². The van der Waals surface area contributed by atoms with Crippen molar-refractivity contribution in [3.05, 3.63) is 59.7 Å². The van der Waals surface area contributed by atoms with Gasteiger partial charge in [-0.3, -0.25) is 9.59 Å². The summed E-state index contributed by atoms with van der Waals surface area (Å²) in [5.41, 5.74) is 1.89. The largest absolute Gasteiger partial charge is 0.455 e. The van der Waals surface area contributed by atoms with Gasteiger partial charge in [-0.05, 0) is 42.3 Å². The van der Waals surface area contributed by atoms with Gasteiger partial charge in [0.25, 0.3) is 5.91 Å². The van der Waals surface area contributed by atoms with Gasteiger partial charge in [-0.15, -0.1) is 0 Å². The zero-order valence-corrected chi connectivity index (χ0v) is 16.0. The molecule has 2 aromatic rings. The van der Waals surface area contributed by atoms with E-state index >= 15 is 0 Å². The number of anilines is 1. The molecule has 8 nitrogen and oxygen atoms in total. The molecule has 2 rings (SSSR count). The van der Waals surface area contributed by atoms with E-state index in [2.05, 4.69) is 10.0 Å². The number of sulfonamides is 1. The molecule has 0 heterocycles. The standard InChI is InChI=1S/C19H19N3O5S/c1-2-15-5-3-4-6-17(15)22-18(23)13-27-19(24)12-21-28(25,26)16-9-7-14(11-20)8-10-16/h3-10,21H,2,12-13H2,1H3,(H,22,23). The Labute approximate surface area is 163 Å². The van der Waals surface area contributed by atoms with Gasteiger partial charge in [0.15, 0.2) is 6.61 Å². The van der Waals surface area contributed by atoms with Gasteiger partial charge in [-0.1, -0.05) is 25.1 Å². The number of aryl methyl sites for hydroxylation is 1. The maximum absolute atomic E-state index is 12.1. The van der Waals surface area contributed by atoms with Crippen molar-refractivity contribution in [2.45, 2.75) is 18.2 Å². The summed E-state index contributed by atoms with van der Waals surface area (Å²) in [6, 6.07) is 14.3. The number of amides is 1. The first kappa shape index (κ1) is 21.1. The molecule has 0 aliphatic rings. The van der Waals surface area contributed by atoms with E-state index in [-0.39, 0.29) is 4.90 Å².